The highest BCUT2D eigenvalue weighted by Crippen LogP contribution is 2.34. The molecule has 3 rings (SSSR count). The van der Waals surface area contributed by atoms with E-state index in [1.165, 1.54) is 18.2 Å². The van der Waals surface area contributed by atoms with E-state index in [0.717, 1.165) is 38.4 Å². The monoisotopic (exact) mass is 447 g/mol. The zero-order valence-electron chi connectivity index (χ0n) is 16.4. The molecule has 0 aromatic heterocycles. The van der Waals surface area contributed by atoms with Gasteiger partial charge in [-0.2, -0.15) is 0 Å². The molecule has 2 N–H and O–H groups in total. The van der Waals surface area contributed by atoms with Gasteiger partial charge in [-0.1, -0.05) is 36.7 Å². The van der Waals surface area contributed by atoms with E-state index in [4.69, 9.17) is 23.8 Å². The fourth-order valence-electron chi connectivity index (χ4n) is 3.37. The van der Waals surface area contributed by atoms with Gasteiger partial charge in [0, 0.05) is 32.2 Å². The standard InChI is InChI=1S/C20H22ClN5O3S/c1-2-24-10-12-25(13-11-24)18-15(21)7-5-8-16(18)22-20(30)23-19(27)14-6-3-4-9-17(14)26(28)29/h3-9H,2,10-13H2,1H3,(H2,22,23,27,30). The number of hydrogen-bond donors (Lipinski definition) is 2. The summed E-state index contributed by atoms with van der Waals surface area (Å²) in [6, 6.07) is 11.2. The number of nitro groups is 1. The molecular formula is C20H22ClN5O3S. The molecule has 8 nitrogen and oxygen atoms in total. The molecule has 30 heavy (non-hydrogen) atoms. The first-order valence-corrected chi connectivity index (χ1v) is 10.3. The van der Waals surface area contributed by atoms with E-state index in [1.807, 2.05) is 12.1 Å². The van der Waals surface area contributed by atoms with E-state index in [-0.39, 0.29) is 16.4 Å². The molecule has 0 unspecified atom stereocenters. The van der Waals surface area contributed by atoms with Gasteiger partial charge in [-0.3, -0.25) is 20.2 Å². The number of halogens is 1. The molecule has 0 bridgehead atoms. The summed E-state index contributed by atoms with van der Waals surface area (Å²) in [6.45, 7) is 6.64. The summed E-state index contributed by atoms with van der Waals surface area (Å²) < 4.78 is 0. The number of anilines is 2. The maximum Gasteiger partial charge on any atom is 0.282 e. The van der Waals surface area contributed by atoms with Gasteiger partial charge in [0.05, 0.1) is 21.3 Å². The van der Waals surface area contributed by atoms with Gasteiger partial charge in [-0.15, -0.1) is 0 Å². The number of piperazine rings is 1. The average molecular weight is 448 g/mol. The zero-order chi connectivity index (χ0) is 21.7. The summed E-state index contributed by atoms with van der Waals surface area (Å²) in [7, 11) is 0. The molecule has 1 aliphatic heterocycles. The molecule has 1 heterocycles. The minimum Gasteiger partial charge on any atom is -0.366 e. The molecule has 1 saturated heterocycles. The lowest BCUT2D eigenvalue weighted by Crippen LogP contribution is -2.46. The van der Waals surface area contributed by atoms with Crippen molar-refractivity contribution in [3.63, 3.8) is 0 Å². The fourth-order valence-corrected chi connectivity index (χ4v) is 3.87. The Kier molecular flexibility index (Phi) is 7.20. The summed E-state index contributed by atoms with van der Waals surface area (Å²) in [6.07, 6.45) is 0. The van der Waals surface area contributed by atoms with Crippen molar-refractivity contribution in [3.05, 3.63) is 63.2 Å². The molecule has 10 heteroatoms. The van der Waals surface area contributed by atoms with Crippen molar-refractivity contribution in [2.75, 3.05) is 42.9 Å². The number of nitrogens with one attached hydrogen (secondary N) is 2. The Hall–Kier alpha value is -2.75. The van der Waals surface area contributed by atoms with Crippen LogP contribution in [0.3, 0.4) is 0 Å². The van der Waals surface area contributed by atoms with Crippen LogP contribution in [0.1, 0.15) is 17.3 Å². The van der Waals surface area contributed by atoms with Crippen LogP contribution in [0.4, 0.5) is 17.1 Å². The number of para-hydroxylation sites is 2. The Bertz CT molecular complexity index is 963. The van der Waals surface area contributed by atoms with E-state index in [1.54, 1.807) is 12.1 Å². The van der Waals surface area contributed by atoms with Crippen LogP contribution in [0.2, 0.25) is 5.02 Å². The van der Waals surface area contributed by atoms with Crippen molar-refractivity contribution >= 4 is 51.9 Å². The molecule has 0 aliphatic carbocycles. The predicted molar refractivity (Wildman–Crippen MR) is 123 cm³/mol. The van der Waals surface area contributed by atoms with Gasteiger partial charge in [0.25, 0.3) is 11.6 Å². The van der Waals surface area contributed by atoms with Gasteiger partial charge in [0.2, 0.25) is 0 Å². The summed E-state index contributed by atoms with van der Waals surface area (Å²) >= 11 is 11.8. The molecule has 1 fully saturated rings. The van der Waals surface area contributed by atoms with E-state index in [9.17, 15) is 14.9 Å². The Morgan fingerprint density at radius 2 is 1.87 bits per heavy atom. The van der Waals surface area contributed by atoms with Crippen LogP contribution in [-0.2, 0) is 0 Å². The van der Waals surface area contributed by atoms with Crippen molar-refractivity contribution in [2.45, 2.75) is 6.92 Å². The topological polar surface area (TPSA) is 90.8 Å². The first-order chi connectivity index (χ1) is 14.4. The first-order valence-electron chi connectivity index (χ1n) is 9.52. The van der Waals surface area contributed by atoms with Crippen LogP contribution < -0.4 is 15.5 Å². The quantitative estimate of drug-likeness (QED) is 0.411. The average Bonchev–Trinajstić information content (AvgIpc) is 2.74. The maximum absolute atomic E-state index is 12.5. The molecule has 1 aliphatic rings. The van der Waals surface area contributed by atoms with Gasteiger partial charge in [0.1, 0.15) is 5.56 Å². The van der Waals surface area contributed by atoms with E-state index >= 15 is 0 Å². The predicted octanol–water partition coefficient (Wildman–Crippen LogP) is 3.52. The third kappa shape index (κ3) is 5.05. The second kappa shape index (κ2) is 9.84. The van der Waals surface area contributed by atoms with Gasteiger partial charge < -0.3 is 15.1 Å². The van der Waals surface area contributed by atoms with Gasteiger partial charge >= 0.3 is 0 Å². The SMILES string of the molecule is CCN1CCN(c2c(Cl)cccc2NC(=S)NC(=O)c2ccccc2[N+](=O)[O-])CC1. The minimum absolute atomic E-state index is 0.0360. The number of nitro benzene ring substituents is 1. The van der Waals surface area contributed by atoms with Crippen LogP contribution in [0.25, 0.3) is 0 Å². The second-order valence-corrected chi connectivity index (χ2v) is 7.56. The smallest absolute Gasteiger partial charge is 0.282 e. The van der Waals surface area contributed by atoms with E-state index in [0.29, 0.717) is 10.7 Å². The zero-order valence-corrected chi connectivity index (χ0v) is 18.0. The van der Waals surface area contributed by atoms with Crippen molar-refractivity contribution in [1.29, 1.82) is 0 Å². The van der Waals surface area contributed by atoms with Crippen LogP contribution in [0.15, 0.2) is 42.5 Å². The number of likely N-dealkylation sites (N-methyl/N-ethyl adjacent to an activating group) is 1. The van der Waals surface area contributed by atoms with E-state index < -0.39 is 10.8 Å². The Labute approximate surface area is 184 Å². The number of carbonyl (C=O) groups is 1. The normalized spacial score (nSPS) is 14.3. The Morgan fingerprint density at radius 3 is 2.53 bits per heavy atom. The second-order valence-electron chi connectivity index (χ2n) is 6.74. The minimum atomic E-state index is -0.653. The molecule has 1 amide bonds. The summed E-state index contributed by atoms with van der Waals surface area (Å²) in [4.78, 5) is 27.6. The number of carbonyl (C=O) groups excluding carboxylic acids is 1. The number of thiocarbonyl (C=S) groups is 1. The van der Waals surface area contributed by atoms with Crippen LogP contribution in [0, 0.1) is 10.1 Å². The summed E-state index contributed by atoms with van der Waals surface area (Å²) in [5, 5.41) is 17.3. The number of rotatable bonds is 5. The summed E-state index contributed by atoms with van der Waals surface area (Å²) in [5.74, 6) is -0.653. The highest BCUT2D eigenvalue weighted by molar-refractivity contribution is 7.80. The van der Waals surface area contributed by atoms with Gasteiger partial charge in [-0.05, 0) is 37.0 Å². The molecule has 0 spiro atoms. The molecule has 2 aromatic carbocycles. The molecule has 0 radical (unpaired) electrons. The molecule has 0 atom stereocenters. The number of nitrogens with zero attached hydrogens (tertiary/aromatic N) is 3. The van der Waals surface area contributed by atoms with Crippen LogP contribution in [0.5, 0.6) is 0 Å². The number of amides is 1. The van der Waals surface area contributed by atoms with Crippen molar-refractivity contribution in [2.24, 2.45) is 0 Å². The maximum atomic E-state index is 12.5. The lowest BCUT2D eigenvalue weighted by atomic mass is 10.1. The van der Waals surface area contributed by atoms with Gasteiger partial charge in [0.15, 0.2) is 5.11 Å². The largest absolute Gasteiger partial charge is 0.366 e. The molecular weight excluding hydrogens is 426 g/mol. The van der Waals surface area contributed by atoms with Crippen molar-refractivity contribution in [3.8, 4) is 0 Å². The fraction of sp³-hybridized carbons (Fsp3) is 0.300. The van der Waals surface area contributed by atoms with Gasteiger partial charge in [-0.25, -0.2) is 0 Å². The Balaban J connectivity index is 1.74. The van der Waals surface area contributed by atoms with E-state index in [2.05, 4.69) is 27.4 Å². The van der Waals surface area contributed by atoms with Crippen LogP contribution >= 0.6 is 23.8 Å². The Morgan fingerprint density at radius 1 is 1.17 bits per heavy atom. The van der Waals surface area contributed by atoms with Crippen molar-refractivity contribution in [1.82, 2.24) is 10.2 Å². The third-order valence-corrected chi connectivity index (χ3v) is 5.45. The van der Waals surface area contributed by atoms with Crippen LogP contribution in [-0.4, -0.2) is 53.6 Å². The molecule has 0 saturated carbocycles. The van der Waals surface area contributed by atoms with Crippen molar-refractivity contribution < 1.29 is 9.72 Å². The molecule has 158 valence electrons. The molecule has 2 aromatic rings. The lowest BCUT2D eigenvalue weighted by molar-refractivity contribution is -0.385. The highest BCUT2D eigenvalue weighted by atomic mass is 35.5. The highest BCUT2D eigenvalue weighted by Gasteiger charge is 2.23. The number of hydrogen-bond acceptors (Lipinski definition) is 6. The third-order valence-electron chi connectivity index (χ3n) is 4.94. The number of benzene rings is 2. The first kappa shape index (κ1) is 21.9. The lowest BCUT2D eigenvalue weighted by Gasteiger charge is -2.37. The summed E-state index contributed by atoms with van der Waals surface area (Å²) in [5.41, 5.74) is 1.14.